The maximum atomic E-state index is 14.0. The first kappa shape index (κ1) is 13.2. The molecule has 0 aromatic heterocycles. The number of rotatable bonds is 2. The third kappa shape index (κ3) is 2.00. The highest BCUT2D eigenvalue weighted by atomic mass is 19.1. The molecular weight excluding hydrogens is 261 g/mol. The normalized spacial score (nSPS) is 29.8. The van der Waals surface area contributed by atoms with Crippen LogP contribution in [0.1, 0.15) is 18.4 Å². The van der Waals surface area contributed by atoms with Crippen molar-refractivity contribution in [3.05, 3.63) is 29.6 Å². The van der Waals surface area contributed by atoms with E-state index in [0.29, 0.717) is 18.2 Å². The summed E-state index contributed by atoms with van der Waals surface area (Å²) in [4.78, 5) is 2.02. The van der Waals surface area contributed by atoms with Gasteiger partial charge in [0.05, 0.1) is 17.4 Å². The summed E-state index contributed by atoms with van der Waals surface area (Å²) in [6, 6.07) is 4.68. The van der Waals surface area contributed by atoms with Gasteiger partial charge in [-0.3, -0.25) is 0 Å². The lowest BCUT2D eigenvalue weighted by atomic mass is 10.00. The topological polar surface area (TPSA) is 82.1 Å². The second kappa shape index (κ2) is 4.94. The third-order valence-electron chi connectivity index (χ3n) is 4.52. The van der Waals surface area contributed by atoms with Gasteiger partial charge in [0.15, 0.2) is 5.84 Å². The van der Waals surface area contributed by atoms with E-state index in [2.05, 4.69) is 5.16 Å². The quantitative estimate of drug-likeness (QED) is 0.328. The van der Waals surface area contributed by atoms with Crippen LogP contribution in [0.3, 0.4) is 0 Å². The van der Waals surface area contributed by atoms with Crippen molar-refractivity contribution < 1.29 is 14.7 Å². The molecule has 2 fully saturated rings. The number of halogens is 1. The molecule has 1 aliphatic carbocycles. The van der Waals surface area contributed by atoms with Crippen molar-refractivity contribution >= 4 is 11.5 Å². The SMILES string of the molecule is N/C(=N/O)c1c(F)cccc1N1CC2CCC(O)C2C1. The van der Waals surface area contributed by atoms with Crippen LogP contribution in [0.2, 0.25) is 0 Å². The molecule has 1 heterocycles. The number of aliphatic hydroxyl groups excluding tert-OH is 1. The van der Waals surface area contributed by atoms with E-state index in [4.69, 9.17) is 10.9 Å². The molecule has 3 rings (SSSR count). The Morgan fingerprint density at radius 3 is 2.85 bits per heavy atom. The summed E-state index contributed by atoms with van der Waals surface area (Å²) in [5.74, 6) is -0.0575. The third-order valence-corrected chi connectivity index (χ3v) is 4.52. The molecule has 1 aliphatic heterocycles. The van der Waals surface area contributed by atoms with Gasteiger partial charge in [-0.25, -0.2) is 4.39 Å². The number of oxime groups is 1. The molecule has 4 N–H and O–H groups in total. The lowest BCUT2D eigenvalue weighted by Crippen LogP contribution is -2.28. The molecule has 3 unspecified atom stereocenters. The predicted octanol–water partition coefficient (Wildman–Crippen LogP) is 1.13. The highest BCUT2D eigenvalue weighted by Gasteiger charge is 2.42. The maximum absolute atomic E-state index is 14.0. The monoisotopic (exact) mass is 279 g/mol. The molecule has 3 atom stereocenters. The summed E-state index contributed by atoms with van der Waals surface area (Å²) >= 11 is 0. The minimum atomic E-state index is -0.504. The van der Waals surface area contributed by atoms with Crippen LogP contribution < -0.4 is 10.6 Å². The molecule has 1 aromatic carbocycles. The molecule has 20 heavy (non-hydrogen) atoms. The van der Waals surface area contributed by atoms with Gasteiger partial charge < -0.3 is 20.9 Å². The average Bonchev–Trinajstić information content (AvgIpc) is 3.00. The van der Waals surface area contributed by atoms with E-state index in [1.165, 1.54) is 6.07 Å². The number of fused-ring (bicyclic) bond motifs is 1. The molecule has 1 saturated carbocycles. The number of aliphatic hydroxyl groups is 1. The maximum Gasteiger partial charge on any atom is 0.175 e. The second-order valence-corrected chi connectivity index (χ2v) is 5.59. The summed E-state index contributed by atoms with van der Waals surface area (Å²) in [5, 5.41) is 21.7. The minimum absolute atomic E-state index is 0.129. The van der Waals surface area contributed by atoms with Crippen LogP contribution >= 0.6 is 0 Å². The van der Waals surface area contributed by atoms with Crippen molar-refractivity contribution in [1.82, 2.24) is 0 Å². The summed E-state index contributed by atoms with van der Waals surface area (Å²) in [6.07, 6.45) is 1.57. The zero-order valence-corrected chi connectivity index (χ0v) is 11.0. The number of nitrogens with two attached hydrogens (primary N) is 1. The summed E-state index contributed by atoms with van der Waals surface area (Å²) in [6.45, 7) is 1.46. The Balaban J connectivity index is 1.94. The Hall–Kier alpha value is -1.82. The Labute approximate surface area is 116 Å². The van der Waals surface area contributed by atoms with Gasteiger partial charge in [-0.2, -0.15) is 0 Å². The van der Waals surface area contributed by atoms with Crippen molar-refractivity contribution in [2.45, 2.75) is 18.9 Å². The van der Waals surface area contributed by atoms with E-state index >= 15 is 0 Å². The van der Waals surface area contributed by atoms with Gasteiger partial charge >= 0.3 is 0 Å². The predicted molar refractivity (Wildman–Crippen MR) is 73.3 cm³/mol. The number of anilines is 1. The zero-order valence-electron chi connectivity index (χ0n) is 11.0. The summed E-state index contributed by atoms with van der Waals surface area (Å²) in [7, 11) is 0. The van der Waals surface area contributed by atoms with Crippen molar-refractivity contribution in [3.63, 3.8) is 0 Å². The lowest BCUT2D eigenvalue weighted by Gasteiger charge is -2.23. The molecule has 0 radical (unpaired) electrons. The van der Waals surface area contributed by atoms with Gasteiger partial charge in [-0.1, -0.05) is 11.2 Å². The number of nitrogens with zero attached hydrogens (tertiary/aromatic N) is 2. The first-order valence-electron chi connectivity index (χ1n) is 6.81. The van der Waals surface area contributed by atoms with Crippen molar-refractivity contribution in [1.29, 1.82) is 0 Å². The molecule has 2 aliphatic rings. The number of benzene rings is 1. The second-order valence-electron chi connectivity index (χ2n) is 5.59. The minimum Gasteiger partial charge on any atom is -0.409 e. The number of hydrogen-bond donors (Lipinski definition) is 3. The Kier molecular flexibility index (Phi) is 3.25. The van der Waals surface area contributed by atoms with Crippen LogP contribution in [0.4, 0.5) is 10.1 Å². The van der Waals surface area contributed by atoms with Gasteiger partial charge in [-0.15, -0.1) is 0 Å². The summed E-state index contributed by atoms with van der Waals surface area (Å²) < 4.78 is 14.0. The van der Waals surface area contributed by atoms with Crippen LogP contribution in [0.5, 0.6) is 0 Å². The van der Waals surface area contributed by atoms with E-state index in [1.807, 2.05) is 4.90 Å². The van der Waals surface area contributed by atoms with Crippen molar-refractivity contribution in [3.8, 4) is 0 Å². The molecule has 1 saturated heterocycles. The van der Waals surface area contributed by atoms with Crippen LogP contribution in [-0.2, 0) is 0 Å². The van der Waals surface area contributed by atoms with Crippen molar-refractivity contribution in [2.24, 2.45) is 22.7 Å². The fourth-order valence-electron chi connectivity index (χ4n) is 3.51. The number of hydrogen-bond acceptors (Lipinski definition) is 4. The van der Waals surface area contributed by atoms with Gasteiger partial charge in [0, 0.05) is 19.0 Å². The fourth-order valence-corrected chi connectivity index (χ4v) is 3.51. The molecule has 5 nitrogen and oxygen atoms in total. The van der Waals surface area contributed by atoms with Gasteiger partial charge in [0.2, 0.25) is 0 Å². The highest BCUT2D eigenvalue weighted by molar-refractivity contribution is 6.02. The first-order valence-corrected chi connectivity index (χ1v) is 6.81. The van der Waals surface area contributed by atoms with E-state index in [0.717, 1.165) is 19.4 Å². The fraction of sp³-hybridized carbons (Fsp3) is 0.500. The van der Waals surface area contributed by atoms with E-state index in [1.54, 1.807) is 12.1 Å². The largest absolute Gasteiger partial charge is 0.409 e. The van der Waals surface area contributed by atoms with Gasteiger partial charge in [-0.05, 0) is 30.9 Å². The van der Waals surface area contributed by atoms with Gasteiger partial charge in [0.1, 0.15) is 5.82 Å². The smallest absolute Gasteiger partial charge is 0.175 e. The molecule has 108 valence electrons. The van der Waals surface area contributed by atoms with Gasteiger partial charge in [0.25, 0.3) is 0 Å². The molecule has 1 aromatic rings. The first-order chi connectivity index (χ1) is 9.61. The summed E-state index contributed by atoms with van der Waals surface area (Å²) in [5.41, 5.74) is 6.35. The molecular formula is C14H18FN3O2. The highest BCUT2D eigenvalue weighted by Crippen LogP contribution is 2.40. The standard InChI is InChI=1S/C14H18FN3O2/c15-10-2-1-3-11(13(10)14(16)17-20)18-6-8-4-5-12(19)9(8)7-18/h1-3,8-9,12,19-20H,4-7H2,(H2,16,17). The lowest BCUT2D eigenvalue weighted by molar-refractivity contribution is 0.133. The zero-order chi connectivity index (χ0) is 14.3. The van der Waals surface area contributed by atoms with Crippen LogP contribution in [0.15, 0.2) is 23.4 Å². The molecule has 0 amide bonds. The van der Waals surface area contributed by atoms with E-state index in [-0.39, 0.29) is 23.4 Å². The van der Waals surface area contributed by atoms with Crippen LogP contribution in [0, 0.1) is 17.7 Å². The molecule has 6 heteroatoms. The van der Waals surface area contributed by atoms with Crippen molar-refractivity contribution in [2.75, 3.05) is 18.0 Å². The van der Waals surface area contributed by atoms with Crippen LogP contribution in [-0.4, -0.2) is 35.3 Å². The van der Waals surface area contributed by atoms with E-state index < -0.39 is 5.82 Å². The Morgan fingerprint density at radius 2 is 2.15 bits per heavy atom. The Morgan fingerprint density at radius 1 is 1.35 bits per heavy atom. The molecule has 0 bridgehead atoms. The Bertz CT molecular complexity index is 549. The van der Waals surface area contributed by atoms with E-state index in [9.17, 15) is 9.50 Å². The van der Waals surface area contributed by atoms with Crippen LogP contribution in [0.25, 0.3) is 0 Å². The average molecular weight is 279 g/mol. The molecule has 0 spiro atoms. The number of amidine groups is 1.